The Morgan fingerprint density at radius 1 is 1.19 bits per heavy atom. The van der Waals surface area contributed by atoms with E-state index >= 15 is 0 Å². The number of nitrogens with zero attached hydrogens (tertiary/aromatic N) is 3. The van der Waals surface area contributed by atoms with Crippen LogP contribution in [0, 0.1) is 0 Å². The third kappa shape index (κ3) is 3.31. The van der Waals surface area contributed by atoms with E-state index in [-0.39, 0.29) is 17.9 Å². The van der Waals surface area contributed by atoms with Crippen molar-refractivity contribution >= 4 is 5.91 Å². The van der Waals surface area contributed by atoms with Crippen molar-refractivity contribution in [1.29, 1.82) is 0 Å². The first-order valence-corrected chi connectivity index (χ1v) is 9.12. The molecule has 1 unspecified atom stereocenters. The molecule has 4 rings (SSSR count). The largest absolute Gasteiger partial charge is 0.497 e. The van der Waals surface area contributed by atoms with Gasteiger partial charge in [0, 0.05) is 31.2 Å². The highest BCUT2D eigenvalue weighted by atomic mass is 16.5. The van der Waals surface area contributed by atoms with Gasteiger partial charge in [0.15, 0.2) is 5.82 Å². The number of hydrogen-bond donors (Lipinski definition) is 0. The predicted molar refractivity (Wildman–Crippen MR) is 93.1 cm³/mol. The number of methoxy groups -OCH3 is 1. The summed E-state index contributed by atoms with van der Waals surface area (Å²) in [5.41, 5.74) is 0.641. The number of amides is 1. The number of likely N-dealkylation sites (tertiary alicyclic amines) is 1. The second kappa shape index (κ2) is 7.45. The van der Waals surface area contributed by atoms with Crippen molar-refractivity contribution in [2.45, 2.75) is 37.6 Å². The molecule has 7 heteroatoms. The second-order valence-corrected chi connectivity index (χ2v) is 6.76. The summed E-state index contributed by atoms with van der Waals surface area (Å²) in [5, 5.41) is 4.18. The molecule has 0 saturated carbocycles. The lowest BCUT2D eigenvalue weighted by Crippen LogP contribution is -2.30. The molecule has 1 amide bonds. The lowest BCUT2D eigenvalue weighted by atomic mass is 10.00. The van der Waals surface area contributed by atoms with Crippen molar-refractivity contribution in [1.82, 2.24) is 15.0 Å². The Morgan fingerprint density at radius 2 is 1.96 bits per heavy atom. The molecule has 1 aromatic carbocycles. The molecule has 1 aromatic heterocycles. The van der Waals surface area contributed by atoms with Crippen molar-refractivity contribution in [2.24, 2.45) is 0 Å². The minimum absolute atomic E-state index is 0.0130. The molecular formula is C19H23N3O4. The number of carbonyl (C=O) groups is 1. The van der Waals surface area contributed by atoms with Gasteiger partial charge >= 0.3 is 0 Å². The Kier molecular flexibility index (Phi) is 4.88. The maximum absolute atomic E-state index is 12.9. The summed E-state index contributed by atoms with van der Waals surface area (Å²) in [6, 6.07) is 7.03. The van der Waals surface area contributed by atoms with Crippen LogP contribution in [0.5, 0.6) is 5.75 Å². The number of carbonyl (C=O) groups excluding carboxylic acids is 1. The third-order valence-corrected chi connectivity index (χ3v) is 5.18. The Hall–Kier alpha value is -2.41. The zero-order valence-electron chi connectivity index (χ0n) is 14.9. The molecule has 2 aliphatic rings. The molecule has 7 nitrogen and oxygen atoms in total. The highest BCUT2D eigenvalue weighted by Gasteiger charge is 2.35. The number of aromatic nitrogens is 2. The second-order valence-electron chi connectivity index (χ2n) is 6.76. The van der Waals surface area contributed by atoms with Gasteiger partial charge in [-0.2, -0.15) is 4.98 Å². The van der Waals surface area contributed by atoms with E-state index in [9.17, 15) is 4.79 Å². The van der Waals surface area contributed by atoms with Crippen molar-refractivity contribution in [3.63, 3.8) is 0 Å². The van der Waals surface area contributed by atoms with Gasteiger partial charge in [0.2, 0.25) is 5.89 Å². The molecule has 1 atom stereocenters. The van der Waals surface area contributed by atoms with Crippen LogP contribution >= 0.6 is 0 Å². The standard InChI is InChI=1S/C19H23N3O4/c1-24-15-6-4-14(5-7-15)19(23)22-10-2-3-16(22)18-20-17(21-26-18)13-8-11-25-12-9-13/h4-7,13,16H,2-3,8-12H2,1H3. The van der Waals surface area contributed by atoms with Crippen molar-refractivity contribution in [3.8, 4) is 5.75 Å². The van der Waals surface area contributed by atoms with Gasteiger partial charge < -0.3 is 18.9 Å². The van der Waals surface area contributed by atoms with E-state index in [4.69, 9.17) is 14.0 Å². The lowest BCUT2D eigenvalue weighted by molar-refractivity contribution is 0.0710. The summed E-state index contributed by atoms with van der Waals surface area (Å²) >= 11 is 0. The highest BCUT2D eigenvalue weighted by molar-refractivity contribution is 5.94. The van der Waals surface area contributed by atoms with Crippen molar-refractivity contribution < 1.29 is 18.8 Å². The summed E-state index contributed by atoms with van der Waals surface area (Å²) in [5.74, 6) is 2.30. The molecule has 3 heterocycles. The van der Waals surface area contributed by atoms with Crippen LogP contribution in [0.1, 0.15) is 59.7 Å². The van der Waals surface area contributed by atoms with E-state index in [1.807, 2.05) is 4.90 Å². The highest BCUT2D eigenvalue weighted by Crippen LogP contribution is 2.34. The molecule has 0 N–H and O–H groups in total. The van der Waals surface area contributed by atoms with Gasteiger partial charge in [-0.3, -0.25) is 4.79 Å². The van der Waals surface area contributed by atoms with Gasteiger partial charge in [0.25, 0.3) is 5.91 Å². The average Bonchev–Trinajstić information content (AvgIpc) is 3.37. The van der Waals surface area contributed by atoms with Gasteiger partial charge in [0.1, 0.15) is 11.8 Å². The molecule has 2 fully saturated rings. The lowest BCUT2D eigenvalue weighted by Gasteiger charge is -2.22. The molecule has 2 aliphatic heterocycles. The maximum Gasteiger partial charge on any atom is 0.254 e. The SMILES string of the molecule is COc1ccc(C(=O)N2CCCC2c2nc(C3CCOCC3)no2)cc1. The molecular weight excluding hydrogens is 334 g/mol. The zero-order valence-corrected chi connectivity index (χ0v) is 14.9. The number of ether oxygens (including phenoxy) is 2. The van der Waals surface area contributed by atoms with Crippen LogP contribution in [0.2, 0.25) is 0 Å². The first-order valence-electron chi connectivity index (χ1n) is 9.12. The van der Waals surface area contributed by atoms with Crippen molar-refractivity contribution in [3.05, 3.63) is 41.5 Å². The van der Waals surface area contributed by atoms with Crippen LogP contribution in [0.4, 0.5) is 0 Å². The van der Waals surface area contributed by atoms with E-state index in [0.29, 0.717) is 18.0 Å². The van der Waals surface area contributed by atoms with E-state index < -0.39 is 0 Å². The zero-order chi connectivity index (χ0) is 17.9. The van der Waals surface area contributed by atoms with E-state index in [2.05, 4.69) is 10.1 Å². The minimum Gasteiger partial charge on any atom is -0.497 e. The average molecular weight is 357 g/mol. The molecule has 2 aromatic rings. The number of rotatable bonds is 4. The van der Waals surface area contributed by atoms with Crippen LogP contribution in [-0.4, -0.2) is 47.8 Å². The minimum atomic E-state index is -0.148. The Labute approximate surface area is 152 Å². The van der Waals surface area contributed by atoms with Crippen LogP contribution < -0.4 is 4.74 Å². The van der Waals surface area contributed by atoms with Crippen LogP contribution in [0.3, 0.4) is 0 Å². The normalized spacial score (nSPS) is 21.1. The first-order chi connectivity index (χ1) is 12.8. The molecule has 0 aliphatic carbocycles. The molecule has 2 saturated heterocycles. The third-order valence-electron chi connectivity index (χ3n) is 5.18. The van der Waals surface area contributed by atoms with Gasteiger partial charge in [0.05, 0.1) is 7.11 Å². The predicted octanol–water partition coefficient (Wildman–Crippen LogP) is 2.95. The fourth-order valence-corrected chi connectivity index (χ4v) is 3.67. The summed E-state index contributed by atoms with van der Waals surface area (Å²) in [4.78, 5) is 19.4. The van der Waals surface area contributed by atoms with Crippen molar-refractivity contribution in [2.75, 3.05) is 26.9 Å². The summed E-state index contributed by atoms with van der Waals surface area (Å²) < 4.78 is 16.1. The number of hydrogen-bond acceptors (Lipinski definition) is 6. The van der Waals surface area contributed by atoms with E-state index in [0.717, 1.165) is 50.5 Å². The van der Waals surface area contributed by atoms with E-state index in [1.54, 1.807) is 31.4 Å². The molecule has 138 valence electrons. The monoisotopic (exact) mass is 357 g/mol. The first kappa shape index (κ1) is 17.0. The summed E-state index contributed by atoms with van der Waals surface area (Å²) in [6.07, 6.45) is 3.61. The van der Waals surface area contributed by atoms with Gasteiger partial charge in [-0.05, 0) is 49.9 Å². The molecule has 0 radical (unpaired) electrons. The van der Waals surface area contributed by atoms with Crippen LogP contribution in [-0.2, 0) is 4.74 Å². The summed E-state index contributed by atoms with van der Waals surface area (Å²) in [6.45, 7) is 2.17. The Morgan fingerprint density at radius 3 is 2.69 bits per heavy atom. The summed E-state index contributed by atoms with van der Waals surface area (Å²) in [7, 11) is 1.61. The van der Waals surface area contributed by atoms with Crippen LogP contribution in [0.15, 0.2) is 28.8 Å². The van der Waals surface area contributed by atoms with Gasteiger partial charge in [-0.1, -0.05) is 5.16 Å². The van der Waals surface area contributed by atoms with Crippen LogP contribution in [0.25, 0.3) is 0 Å². The van der Waals surface area contributed by atoms with E-state index in [1.165, 1.54) is 0 Å². The fourth-order valence-electron chi connectivity index (χ4n) is 3.67. The maximum atomic E-state index is 12.9. The molecule has 0 spiro atoms. The fraction of sp³-hybridized carbons (Fsp3) is 0.526. The molecule has 26 heavy (non-hydrogen) atoms. The number of benzene rings is 1. The molecule has 0 bridgehead atoms. The Bertz CT molecular complexity index is 752. The topological polar surface area (TPSA) is 77.7 Å². The van der Waals surface area contributed by atoms with Gasteiger partial charge in [-0.25, -0.2) is 0 Å². The Balaban J connectivity index is 1.50. The van der Waals surface area contributed by atoms with Gasteiger partial charge in [-0.15, -0.1) is 0 Å². The smallest absolute Gasteiger partial charge is 0.254 e. The quantitative estimate of drug-likeness (QED) is 0.837.